The maximum Gasteiger partial charge on any atom is 0.338 e. The molecule has 17 heavy (non-hydrogen) atoms. The minimum atomic E-state index is -0.312. The molecule has 4 nitrogen and oxygen atoms in total. The molecule has 0 atom stereocenters. The monoisotopic (exact) mass is 238 g/mol. The highest BCUT2D eigenvalue weighted by atomic mass is 16.5. The molecule has 0 radical (unpaired) electrons. The molecule has 0 N–H and O–H groups in total. The lowest BCUT2D eigenvalue weighted by molar-refractivity contribution is 0.0526. The first-order chi connectivity index (χ1) is 8.27. The SMILES string of the molecule is CCOCCOc1ccc(C(=O)OCC)cc1. The quantitative estimate of drug-likeness (QED) is 0.540. The molecule has 0 saturated carbocycles. The normalized spacial score (nSPS) is 10.0. The molecule has 0 unspecified atom stereocenters. The second-order valence-electron chi connectivity index (χ2n) is 3.29. The Balaban J connectivity index is 2.42. The molecule has 0 amide bonds. The van der Waals surface area contributed by atoms with Crippen molar-refractivity contribution in [2.45, 2.75) is 13.8 Å². The van der Waals surface area contributed by atoms with E-state index in [0.717, 1.165) is 5.75 Å². The van der Waals surface area contributed by atoms with Gasteiger partial charge in [-0.3, -0.25) is 0 Å². The second kappa shape index (κ2) is 7.68. The molecular weight excluding hydrogens is 220 g/mol. The third kappa shape index (κ3) is 4.87. The Morgan fingerprint density at radius 1 is 1.06 bits per heavy atom. The fourth-order valence-corrected chi connectivity index (χ4v) is 1.26. The average molecular weight is 238 g/mol. The molecule has 0 aliphatic rings. The summed E-state index contributed by atoms with van der Waals surface area (Å²) in [4.78, 5) is 11.4. The average Bonchev–Trinajstić information content (AvgIpc) is 2.36. The lowest BCUT2D eigenvalue weighted by atomic mass is 10.2. The van der Waals surface area contributed by atoms with Crippen LogP contribution in [0.2, 0.25) is 0 Å². The fraction of sp³-hybridized carbons (Fsp3) is 0.462. The maximum absolute atomic E-state index is 11.4. The van der Waals surface area contributed by atoms with Crippen molar-refractivity contribution in [2.75, 3.05) is 26.4 Å². The van der Waals surface area contributed by atoms with Gasteiger partial charge in [0.1, 0.15) is 12.4 Å². The van der Waals surface area contributed by atoms with Gasteiger partial charge in [-0.25, -0.2) is 4.79 Å². The zero-order valence-corrected chi connectivity index (χ0v) is 10.3. The van der Waals surface area contributed by atoms with Crippen molar-refractivity contribution >= 4 is 5.97 Å². The van der Waals surface area contributed by atoms with Crippen LogP contribution in [-0.2, 0) is 9.47 Å². The summed E-state index contributed by atoms with van der Waals surface area (Å²) in [5.74, 6) is 0.408. The molecule has 0 heterocycles. The molecule has 0 bridgehead atoms. The predicted octanol–water partition coefficient (Wildman–Crippen LogP) is 2.28. The maximum atomic E-state index is 11.4. The van der Waals surface area contributed by atoms with Crippen LogP contribution < -0.4 is 4.74 Å². The number of ether oxygens (including phenoxy) is 3. The van der Waals surface area contributed by atoms with Gasteiger partial charge in [-0.2, -0.15) is 0 Å². The van der Waals surface area contributed by atoms with Gasteiger partial charge in [0, 0.05) is 6.61 Å². The van der Waals surface area contributed by atoms with Gasteiger partial charge in [0.15, 0.2) is 0 Å². The predicted molar refractivity (Wildman–Crippen MR) is 64.4 cm³/mol. The summed E-state index contributed by atoms with van der Waals surface area (Å²) in [6.07, 6.45) is 0. The van der Waals surface area contributed by atoms with E-state index in [4.69, 9.17) is 14.2 Å². The number of carbonyl (C=O) groups excluding carboxylic acids is 1. The van der Waals surface area contributed by atoms with E-state index in [0.29, 0.717) is 32.0 Å². The number of esters is 1. The zero-order valence-electron chi connectivity index (χ0n) is 10.3. The smallest absolute Gasteiger partial charge is 0.338 e. The first-order valence-corrected chi connectivity index (χ1v) is 5.75. The van der Waals surface area contributed by atoms with Crippen LogP contribution in [0.5, 0.6) is 5.75 Å². The fourth-order valence-electron chi connectivity index (χ4n) is 1.26. The molecule has 0 spiro atoms. The van der Waals surface area contributed by atoms with Gasteiger partial charge in [0.05, 0.1) is 18.8 Å². The van der Waals surface area contributed by atoms with Crippen molar-refractivity contribution in [1.29, 1.82) is 0 Å². The minimum absolute atomic E-state index is 0.312. The van der Waals surface area contributed by atoms with Crippen LogP contribution in [0.15, 0.2) is 24.3 Å². The van der Waals surface area contributed by atoms with Crippen LogP contribution in [-0.4, -0.2) is 32.4 Å². The Kier molecular flexibility index (Phi) is 6.10. The third-order valence-corrected chi connectivity index (χ3v) is 2.07. The largest absolute Gasteiger partial charge is 0.491 e. The number of carbonyl (C=O) groups is 1. The lowest BCUT2D eigenvalue weighted by Crippen LogP contribution is -2.07. The van der Waals surface area contributed by atoms with E-state index in [2.05, 4.69) is 0 Å². The van der Waals surface area contributed by atoms with E-state index in [1.165, 1.54) is 0 Å². The second-order valence-corrected chi connectivity index (χ2v) is 3.29. The lowest BCUT2D eigenvalue weighted by Gasteiger charge is -2.07. The standard InChI is InChI=1S/C13H18O4/c1-3-15-9-10-17-12-7-5-11(6-8-12)13(14)16-4-2/h5-8H,3-4,9-10H2,1-2H3. The third-order valence-electron chi connectivity index (χ3n) is 2.07. The van der Waals surface area contributed by atoms with Gasteiger partial charge in [0.25, 0.3) is 0 Å². The Labute approximate surface area is 101 Å². The molecular formula is C13H18O4. The van der Waals surface area contributed by atoms with Gasteiger partial charge in [-0.1, -0.05) is 0 Å². The summed E-state index contributed by atoms with van der Waals surface area (Å²) in [5.41, 5.74) is 0.531. The first kappa shape index (κ1) is 13.5. The van der Waals surface area contributed by atoms with E-state index in [9.17, 15) is 4.79 Å². The highest BCUT2D eigenvalue weighted by molar-refractivity contribution is 5.89. The van der Waals surface area contributed by atoms with Crippen molar-refractivity contribution in [3.05, 3.63) is 29.8 Å². The van der Waals surface area contributed by atoms with Gasteiger partial charge >= 0.3 is 5.97 Å². The molecule has 1 aromatic carbocycles. The first-order valence-electron chi connectivity index (χ1n) is 5.75. The van der Waals surface area contributed by atoms with Crippen molar-refractivity contribution < 1.29 is 19.0 Å². The Morgan fingerprint density at radius 2 is 1.76 bits per heavy atom. The van der Waals surface area contributed by atoms with Crippen molar-refractivity contribution in [3.8, 4) is 5.75 Å². The number of hydrogen-bond acceptors (Lipinski definition) is 4. The van der Waals surface area contributed by atoms with Crippen LogP contribution in [0.1, 0.15) is 24.2 Å². The van der Waals surface area contributed by atoms with E-state index in [-0.39, 0.29) is 5.97 Å². The highest BCUT2D eigenvalue weighted by Crippen LogP contribution is 2.12. The molecule has 4 heteroatoms. The summed E-state index contributed by atoms with van der Waals surface area (Å²) in [6.45, 7) is 5.86. The topological polar surface area (TPSA) is 44.8 Å². The van der Waals surface area contributed by atoms with E-state index in [1.54, 1.807) is 31.2 Å². The van der Waals surface area contributed by atoms with Gasteiger partial charge in [-0.15, -0.1) is 0 Å². The zero-order chi connectivity index (χ0) is 12.5. The van der Waals surface area contributed by atoms with Gasteiger partial charge in [-0.05, 0) is 38.1 Å². The molecule has 0 saturated heterocycles. The number of hydrogen-bond donors (Lipinski definition) is 0. The van der Waals surface area contributed by atoms with E-state index >= 15 is 0 Å². The van der Waals surface area contributed by atoms with Crippen molar-refractivity contribution in [3.63, 3.8) is 0 Å². The Hall–Kier alpha value is -1.55. The molecule has 1 aromatic rings. The molecule has 0 aliphatic carbocycles. The van der Waals surface area contributed by atoms with Crippen molar-refractivity contribution in [2.24, 2.45) is 0 Å². The Morgan fingerprint density at radius 3 is 2.35 bits per heavy atom. The highest BCUT2D eigenvalue weighted by Gasteiger charge is 2.05. The van der Waals surface area contributed by atoms with E-state index < -0.39 is 0 Å². The Bertz CT molecular complexity index is 332. The van der Waals surface area contributed by atoms with Crippen LogP contribution in [0.3, 0.4) is 0 Å². The van der Waals surface area contributed by atoms with Crippen LogP contribution in [0.25, 0.3) is 0 Å². The van der Waals surface area contributed by atoms with Crippen molar-refractivity contribution in [1.82, 2.24) is 0 Å². The number of rotatable bonds is 7. The van der Waals surface area contributed by atoms with Gasteiger partial charge < -0.3 is 14.2 Å². The van der Waals surface area contributed by atoms with E-state index in [1.807, 2.05) is 6.92 Å². The van der Waals surface area contributed by atoms with Gasteiger partial charge in [0.2, 0.25) is 0 Å². The summed E-state index contributed by atoms with van der Waals surface area (Å²) in [7, 11) is 0. The van der Waals surface area contributed by atoms with Crippen LogP contribution in [0, 0.1) is 0 Å². The minimum Gasteiger partial charge on any atom is -0.491 e. The summed E-state index contributed by atoms with van der Waals surface area (Å²) < 4.78 is 15.5. The molecule has 0 fully saturated rings. The summed E-state index contributed by atoms with van der Waals surface area (Å²) in [5, 5.41) is 0. The molecule has 0 aliphatic heterocycles. The summed E-state index contributed by atoms with van der Waals surface area (Å²) in [6, 6.07) is 6.87. The number of benzene rings is 1. The molecule has 0 aromatic heterocycles. The summed E-state index contributed by atoms with van der Waals surface area (Å²) >= 11 is 0. The van der Waals surface area contributed by atoms with Crippen LogP contribution in [0.4, 0.5) is 0 Å². The molecule has 1 rings (SSSR count). The molecule has 94 valence electrons. The van der Waals surface area contributed by atoms with Crippen LogP contribution >= 0.6 is 0 Å².